The normalized spacial score (nSPS) is 14.9. The number of hydrogen-bond acceptors (Lipinski definition) is 4. The summed E-state index contributed by atoms with van der Waals surface area (Å²) in [5.41, 5.74) is 7.70. The van der Waals surface area contributed by atoms with Gasteiger partial charge in [0.1, 0.15) is 5.82 Å². The number of amides is 1. The highest BCUT2D eigenvalue weighted by Gasteiger charge is 2.13. The fourth-order valence-corrected chi connectivity index (χ4v) is 3.13. The van der Waals surface area contributed by atoms with Crippen molar-refractivity contribution in [3.8, 4) is 0 Å². The molecular weight excluding hydrogens is 383 g/mol. The number of nitrogens with zero attached hydrogens (tertiary/aromatic N) is 2. The van der Waals surface area contributed by atoms with E-state index in [2.05, 4.69) is 15.2 Å². The van der Waals surface area contributed by atoms with Gasteiger partial charge in [-0.2, -0.15) is 0 Å². The summed E-state index contributed by atoms with van der Waals surface area (Å²) < 4.78 is 0. The van der Waals surface area contributed by atoms with Gasteiger partial charge < -0.3 is 16.0 Å². The second kappa shape index (κ2) is 11.8. The summed E-state index contributed by atoms with van der Waals surface area (Å²) in [5, 5.41) is 2.89. The molecule has 1 aromatic carbocycles. The van der Waals surface area contributed by atoms with Crippen molar-refractivity contribution >= 4 is 36.5 Å². The first kappa shape index (κ1) is 23.2. The first-order valence-electron chi connectivity index (χ1n) is 9.04. The average Bonchev–Trinajstić information content (AvgIpc) is 2.96. The van der Waals surface area contributed by atoms with Crippen LogP contribution in [0.25, 0.3) is 0 Å². The molecule has 0 bridgehead atoms. The number of carbonyl (C=O) groups excluding carboxylic acids is 1. The molecule has 1 fully saturated rings. The standard InChI is InChI=1S/C20H26N4O.2ClH/c21-18(16-8-4-3-5-9-16)15-23-20(25)17-10-11-19(22-14-17)24-12-6-1-2-7-13-24;;/h3-5,8-11,14,18H,1-2,6-7,12-13,15,21H2,(H,23,25);2*1H. The first-order valence-corrected chi connectivity index (χ1v) is 9.04. The van der Waals surface area contributed by atoms with E-state index < -0.39 is 0 Å². The minimum absolute atomic E-state index is 0. The van der Waals surface area contributed by atoms with Crippen molar-refractivity contribution in [3.05, 3.63) is 59.8 Å². The number of benzene rings is 1. The zero-order valence-electron chi connectivity index (χ0n) is 15.3. The maximum absolute atomic E-state index is 12.3. The van der Waals surface area contributed by atoms with Gasteiger partial charge in [-0.1, -0.05) is 43.2 Å². The van der Waals surface area contributed by atoms with Crippen molar-refractivity contribution in [2.75, 3.05) is 24.5 Å². The van der Waals surface area contributed by atoms with Gasteiger partial charge in [-0.05, 0) is 30.5 Å². The second-order valence-electron chi connectivity index (χ2n) is 6.53. The summed E-state index contributed by atoms with van der Waals surface area (Å²) >= 11 is 0. The molecule has 1 atom stereocenters. The van der Waals surface area contributed by atoms with Gasteiger partial charge in [-0.15, -0.1) is 24.8 Å². The van der Waals surface area contributed by atoms with E-state index in [0.717, 1.165) is 24.5 Å². The largest absolute Gasteiger partial charge is 0.357 e. The number of aromatic nitrogens is 1. The molecule has 7 heteroatoms. The predicted molar refractivity (Wildman–Crippen MR) is 115 cm³/mol. The fraction of sp³-hybridized carbons (Fsp3) is 0.400. The molecule has 0 radical (unpaired) electrons. The van der Waals surface area contributed by atoms with E-state index in [4.69, 9.17) is 5.73 Å². The molecule has 1 aliphatic heterocycles. The number of carbonyl (C=O) groups is 1. The molecule has 1 aliphatic rings. The Labute approximate surface area is 173 Å². The van der Waals surface area contributed by atoms with Crippen LogP contribution in [-0.4, -0.2) is 30.5 Å². The van der Waals surface area contributed by atoms with Gasteiger partial charge in [0.25, 0.3) is 5.91 Å². The number of rotatable bonds is 5. The van der Waals surface area contributed by atoms with Crippen LogP contribution >= 0.6 is 24.8 Å². The number of halogens is 2. The highest BCUT2D eigenvalue weighted by Crippen LogP contribution is 2.17. The summed E-state index contributed by atoms with van der Waals surface area (Å²) in [7, 11) is 0. The number of nitrogens with two attached hydrogens (primary N) is 1. The van der Waals surface area contributed by atoms with Crippen molar-refractivity contribution in [2.24, 2.45) is 5.73 Å². The van der Waals surface area contributed by atoms with E-state index in [-0.39, 0.29) is 36.8 Å². The van der Waals surface area contributed by atoms with E-state index in [1.165, 1.54) is 25.7 Å². The van der Waals surface area contributed by atoms with E-state index in [0.29, 0.717) is 12.1 Å². The molecule has 0 aliphatic carbocycles. The Morgan fingerprint density at radius 3 is 2.30 bits per heavy atom. The number of anilines is 1. The van der Waals surface area contributed by atoms with Crippen LogP contribution in [0.4, 0.5) is 5.82 Å². The average molecular weight is 411 g/mol. The molecule has 3 rings (SSSR count). The summed E-state index contributed by atoms with van der Waals surface area (Å²) in [6.45, 7) is 2.49. The lowest BCUT2D eigenvalue weighted by atomic mass is 10.1. The third kappa shape index (κ3) is 6.69. The molecule has 0 spiro atoms. The molecule has 148 valence electrons. The Morgan fingerprint density at radius 2 is 1.70 bits per heavy atom. The van der Waals surface area contributed by atoms with Crippen LogP contribution in [0.2, 0.25) is 0 Å². The highest BCUT2D eigenvalue weighted by atomic mass is 35.5. The van der Waals surface area contributed by atoms with Crippen molar-refractivity contribution in [2.45, 2.75) is 31.7 Å². The maximum atomic E-state index is 12.3. The molecule has 2 heterocycles. The SMILES string of the molecule is Cl.Cl.NC(CNC(=O)c1ccc(N2CCCCCC2)nc1)c1ccccc1. The highest BCUT2D eigenvalue weighted by molar-refractivity contribution is 5.94. The molecule has 1 aromatic heterocycles. The number of nitrogens with one attached hydrogen (secondary N) is 1. The Balaban J connectivity index is 0.00000182. The maximum Gasteiger partial charge on any atom is 0.252 e. The lowest BCUT2D eigenvalue weighted by Gasteiger charge is -2.21. The summed E-state index contributed by atoms with van der Waals surface area (Å²) in [6, 6.07) is 13.4. The van der Waals surface area contributed by atoms with E-state index in [1.807, 2.05) is 42.5 Å². The minimum Gasteiger partial charge on any atom is -0.357 e. The molecule has 0 saturated carbocycles. The number of pyridine rings is 1. The fourth-order valence-electron chi connectivity index (χ4n) is 3.13. The Bertz CT molecular complexity index is 674. The molecule has 27 heavy (non-hydrogen) atoms. The van der Waals surface area contributed by atoms with Crippen LogP contribution in [0.3, 0.4) is 0 Å². The summed E-state index contributed by atoms with van der Waals surface area (Å²) in [4.78, 5) is 19.1. The van der Waals surface area contributed by atoms with Crippen molar-refractivity contribution < 1.29 is 4.79 Å². The first-order chi connectivity index (χ1) is 12.2. The van der Waals surface area contributed by atoms with E-state index >= 15 is 0 Å². The van der Waals surface area contributed by atoms with Gasteiger partial charge in [-0.3, -0.25) is 4.79 Å². The van der Waals surface area contributed by atoms with Gasteiger partial charge >= 0.3 is 0 Å². The zero-order chi connectivity index (χ0) is 17.5. The van der Waals surface area contributed by atoms with Crippen LogP contribution in [-0.2, 0) is 0 Å². The molecule has 1 unspecified atom stereocenters. The van der Waals surface area contributed by atoms with Gasteiger partial charge in [0, 0.05) is 31.9 Å². The van der Waals surface area contributed by atoms with Crippen LogP contribution in [0.1, 0.15) is 47.6 Å². The number of hydrogen-bond donors (Lipinski definition) is 2. The van der Waals surface area contributed by atoms with E-state index in [1.54, 1.807) is 6.20 Å². The third-order valence-electron chi connectivity index (χ3n) is 4.65. The van der Waals surface area contributed by atoms with Crippen molar-refractivity contribution in [1.82, 2.24) is 10.3 Å². The molecule has 1 saturated heterocycles. The molecule has 1 amide bonds. The Morgan fingerprint density at radius 1 is 1.04 bits per heavy atom. The second-order valence-corrected chi connectivity index (χ2v) is 6.53. The molecular formula is C20H28Cl2N4O. The topological polar surface area (TPSA) is 71.2 Å². The molecule has 3 N–H and O–H groups in total. The van der Waals surface area contributed by atoms with Gasteiger partial charge in [-0.25, -0.2) is 4.98 Å². The minimum atomic E-state index is -0.213. The molecule has 2 aromatic rings. The van der Waals surface area contributed by atoms with Gasteiger partial charge in [0.15, 0.2) is 0 Å². The Kier molecular flexibility index (Phi) is 10.1. The lowest BCUT2D eigenvalue weighted by Crippen LogP contribution is -2.32. The van der Waals surface area contributed by atoms with Crippen LogP contribution in [0.15, 0.2) is 48.7 Å². The smallest absolute Gasteiger partial charge is 0.252 e. The predicted octanol–water partition coefficient (Wildman–Crippen LogP) is 3.74. The van der Waals surface area contributed by atoms with Crippen molar-refractivity contribution in [1.29, 1.82) is 0 Å². The summed E-state index contributed by atoms with van der Waals surface area (Å²) in [5.74, 6) is 0.820. The van der Waals surface area contributed by atoms with Gasteiger partial charge in [0.2, 0.25) is 0 Å². The lowest BCUT2D eigenvalue weighted by molar-refractivity contribution is 0.0951. The zero-order valence-corrected chi connectivity index (χ0v) is 17.0. The Hall–Kier alpha value is -1.82. The van der Waals surface area contributed by atoms with Crippen LogP contribution in [0, 0.1) is 0 Å². The summed E-state index contributed by atoms with van der Waals surface area (Å²) in [6.07, 6.45) is 6.66. The van der Waals surface area contributed by atoms with Gasteiger partial charge in [0.05, 0.1) is 5.56 Å². The van der Waals surface area contributed by atoms with E-state index in [9.17, 15) is 4.79 Å². The quantitative estimate of drug-likeness (QED) is 0.787. The monoisotopic (exact) mass is 410 g/mol. The third-order valence-corrected chi connectivity index (χ3v) is 4.65. The van der Waals surface area contributed by atoms with Crippen LogP contribution in [0.5, 0.6) is 0 Å². The molecule has 5 nitrogen and oxygen atoms in total. The van der Waals surface area contributed by atoms with Crippen LogP contribution < -0.4 is 16.0 Å². The van der Waals surface area contributed by atoms with Crippen molar-refractivity contribution in [3.63, 3.8) is 0 Å².